The number of carbonyl (C=O) groups excluding carboxylic acids is 2. The average Bonchev–Trinajstić information content (AvgIpc) is 3.36. The predicted molar refractivity (Wildman–Crippen MR) is 121 cm³/mol. The first-order valence-electron chi connectivity index (χ1n) is 9.62. The maximum atomic E-state index is 13.1. The number of hydrogen-bond acceptors (Lipinski definition) is 5. The number of aryl methyl sites for hydroxylation is 1. The van der Waals surface area contributed by atoms with E-state index < -0.39 is 17.7 Å². The standard InChI is InChI=1S/C24H20ClNO4S/c1-14-6-3-4-8-17(14)21-20(22(27)18-12-15(30-2)9-10-19(18)25)23(28)24(29)26(21)13-16-7-5-11-31-16/h3-12,21,27H,13H2,1-2H3/b22-20+. The summed E-state index contributed by atoms with van der Waals surface area (Å²) in [7, 11) is 1.50. The van der Waals surface area contributed by atoms with Crippen LogP contribution in [0.5, 0.6) is 5.75 Å². The quantitative estimate of drug-likeness (QED) is 0.321. The van der Waals surface area contributed by atoms with Crippen molar-refractivity contribution in [2.45, 2.75) is 19.5 Å². The molecule has 2 aromatic carbocycles. The summed E-state index contributed by atoms with van der Waals surface area (Å²) < 4.78 is 5.24. The highest BCUT2D eigenvalue weighted by Crippen LogP contribution is 2.42. The number of carbonyl (C=O) groups is 2. The fraction of sp³-hybridized carbons (Fsp3) is 0.167. The van der Waals surface area contributed by atoms with Gasteiger partial charge in [0.2, 0.25) is 0 Å². The maximum absolute atomic E-state index is 13.1. The Morgan fingerprint density at radius 1 is 1.16 bits per heavy atom. The van der Waals surface area contributed by atoms with Crippen LogP contribution in [-0.4, -0.2) is 28.8 Å². The number of likely N-dealkylation sites (tertiary alicyclic amines) is 1. The normalized spacial score (nSPS) is 17.9. The van der Waals surface area contributed by atoms with Gasteiger partial charge in [-0.05, 0) is 47.7 Å². The average molecular weight is 454 g/mol. The van der Waals surface area contributed by atoms with Gasteiger partial charge in [0, 0.05) is 10.4 Å². The molecule has 1 atom stereocenters. The lowest BCUT2D eigenvalue weighted by Gasteiger charge is -2.26. The third-order valence-corrected chi connectivity index (χ3v) is 6.55. The Morgan fingerprint density at radius 2 is 1.94 bits per heavy atom. The van der Waals surface area contributed by atoms with Crippen LogP contribution >= 0.6 is 22.9 Å². The molecule has 158 valence electrons. The van der Waals surface area contributed by atoms with E-state index in [9.17, 15) is 14.7 Å². The van der Waals surface area contributed by atoms with E-state index >= 15 is 0 Å². The molecule has 2 heterocycles. The summed E-state index contributed by atoms with van der Waals surface area (Å²) in [6.45, 7) is 2.18. The van der Waals surface area contributed by atoms with Crippen molar-refractivity contribution in [1.29, 1.82) is 0 Å². The van der Waals surface area contributed by atoms with Crippen LogP contribution in [-0.2, 0) is 16.1 Å². The zero-order chi connectivity index (χ0) is 22.1. The first-order chi connectivity index (χ1) is 14.9. The van der Waals surface area contributed by atoms with E-state index in [0.29, 0.717) is 5.75 Å². The Kier molecular flexibility index (Phi) is 5.85. The molecular weight excluding hydrogens is 434 g/mol. The molecule has 7 heteroatoms. The number of rotatable bonds is 5. The smallest absolute Gasteiger partial charge is 0.295 e. The second-order valence-corrected chi connectivity index (χ2v) is 8.65. The van der Waals surface area contributed by atoms with Gasteiger partial charge in [0.1, 0.15) is 11.5 Å². The molecule has 0 bridgehead atoms. The number of thiophene rings is 1. The SMILES string of the molecule is COc1ccc(Cl)c(/C(O)=C2\C(=O)C(=O)N(Cc3cccs3)C2c2ccccc2C)c1. The van der Waals surface area contributed by atoms with Crippen molar-refractivity contribution in [3.63, 3.8) is 0 Å². The Morgan fingerprint density at radius 3 is 2.61 bits per heavy atom. The number of amides is 1. The molecule has 1 N–H and O–H groups in total. The number of aliphatic hydroxyl groups excluding tert-OH is 1. The minimum Gasteiger partial charge on any atom is -0.507 e. The van der Waals surface area contributed by atoms with E-state index in [4.69, 9.17) is 16.3 Å². The molecule has 3 aromatic rings. The Bertz CT molecular complexity index is 1190. The molecule has 1 aliphatic rings. The van der Waals surface area contributed by atoms with Crippen molar-refractivity contribution in [3.8, 4) is 5.75 Å². The van der Waals surface area contributed by atoms with Crippen LogP contribution in [0.1, 0.15) is 27.6 Å². The van der Waals surface area contributed by atoms with Crippen molar-refractivity contribution < 1.29 is 19.4 Å². The van der Waals surface area contributed by atoms with Crippen LogP contribution in [0.3, 0.4) is 0 Å². The lowest BCUT2D eigenvalue weighted by Crippen LogP contribution is -2.29. The molecule has 1 aliphatic heterocycles. The Hall–Kier alpha value is -3.09. The molecule has 1 saturated heterocycles. The number of methoxy groups -OCH3 is 1. The van der Waals surface area contributed by atoms with Gasteiger partial charge in [-0.1, -0.05) is 41.9 Å². The van der Waals surface area contributed by atoms with Crippen LogP contribution < -0.4 is 4.74 Å². The first kappa shape index (κ1) is 21.2. The van der Waals surface area contributed by atoms with Gasteiger partial charge < -0.3 is 14.7 Å². The van der Waals surface area contributed by atoms with Crippen LogP contribution in [0, 0.1) is 6.92 Å². The highest BCUT2D eigenvalue weighted by atomic mass is 35.5. The molecule has 0 aliphatic carbocycles. The fourth-order valence-electron chi connectivity index (χ4n) is 3.79. The van der Waals surface area contributed by atoms with E-state index in [2.05, 4.69) is 0 Å². The lowest BCUT2D eigenvalue weighted by molar-refractivity contribution is -0.140. The van der Waals surface area contributed by atoms with E-state index in [0.717, 1.165) is 16.0 Å². The van der Waals surface area contributed by atoms with Gasteiger partial charge in [0.15, 0.2) is 0 Å². The third kappa shape index (κ3) is 3.84. The van der Waals surface area contributed by atoms with Crippen LogP contribution in [0.4, 0.5) is 0 Å². The topological polar surface area (TPSA) is 66.8 Å². The molecule has 1 amide bonds. The van der Waals surface area contributed by atoms with E-state index in [1.54, 1.807) is 18.2 Å². The van der Waals surface area contributed by atoms with Crippen molar-refractivity contribution >= 4 is 40.4 Å². The van der Waals surface area contributed by atoms with Crippen LogP contribution in [0.15, 0.2) is 65.6 Å². The van der Waals surface area contributed by atoms with Crippen molar-refractivity contribution in [1.82, 2.24) is 4.90 Å². The molecule has 1 unspecified atom stereocenters. The largest absolute Gasteiger partial charge is 0.507 e. The summed E-state index contributed by atoms with van der Waals surface area (Å²) in [5.41, 5.74) is 1.95. The van der Waals surface area contributed by atoms with Crippen LogP contribution in [0.25, 0.3) is 5.76 Å². The molecular formula is C24H20ClNO4S. The zero-order valence-electron chi connectivity index (χ0n) is 17.0. The monoisotopic (exact) mass is 453 g/mol. The van der Waals surface area contributed by atoms with Crippen molar-refractivity contribution in [2.24, 2.45) is 0 Å². The Labute approximate surface area is 189 Å². The number of hydrogen-bond donors (Lipinski definition) is 1. The molecule has 4 rings (SSSR count). The molecule has 0 spiro atoms. The third-order valence-electron chi connectivity index (χ3n) is 5.36. The van der Waals surface area contributed by atoms with Gasteiger partial charge in [-0.15, -0.1) is 11.3 Å². The molecule has 1 fully saturated rings. The predicted octanol–water partition coefficient (Wildman–Crippen LogP) is 5.34. The second-order valence-electron chi connectivity index (χ2n) is 7.21. The molecule has 0 radical (unpaired) electrons. The minimum atomic E-state index is -0.735. The van der Waals surface area contributed by atoms with Gasteiger partial charge in [0.25, 0.3) is 11.7 Å². The second kappa shape index (κ2) is 8.57. The number of aliphatic hydroxyl groups is 1. The van der Waals surface area contributed by atoms with Gasteiger partial charge >= 0.3 is 0 Å². The summed E-state index contributed by atoms with van der Waals surface area (Å²) in [6, 6.07) is 15.4. The number of benzene rings is 2. The summed E-state index contributed by atoms with van der Waals surface area (Å²) in [5, 5.41) is 13.4. The highest BCUT2D eigenvalue weighted by molar-refractivity contribution is 7.09. The Balaban J connectivity index is 1.93. The van der Waals surface area contributed by atoms with E-state index in [1.807, 2.05) is 48.7 Å². The van der Waals surface area contributed by atoms with E-state index in [-0.39, 0.29) is 28.5 Å². The summed E-state index contributed by atoms with van der Waals surface area (Å²) >= 11 is 7.84. The maximum Gasteiger partial charge on any atom is 0.295 e. The number of halogens is 1. The summed E-state index contributed by atoms with van der Waals surface area (Å²) in [4.78, 5) is 28.7. The van der Waals surface area contributed by atoms with Gasteiger partial charge in [-0.2, -0.15) is 0 Å². The molecule has 0 saturated carbocycles. The van der Waals surface area contributed by atoms with Gasteiger partial charge in [-0.3, -0.25) is 9.59 Å². The molecule has 5 nitrogen and oxygen atoms in total. The fourth-order valence-corrected chi connectivity index (χ4v) is 4.70. The van der Waals surface area contributed by atoms with E-state index in [1.165, 1.54) is 23.3 Å². The van der Waals surface area contributed by atoms with Crippen LogP contribution in [0.2, 0.25) is 5.02 Å². The molecule has 1 aromatic heterocycles. The number of Topliss-reactive ketones (excluding diaryl/α,β-unsaturated/α-hetero) is 1. The zero-order valence-corrected chi connectivity index (χ0v) is 18.5. The molecule has 31 heavy (non-hydrogen) atoms. The van der Waals surface area contributed by atoms with Crippen molar-refractivity contribution in [3.05, 3.63) is 92.1 Å². The highest BCUT2D eigenvalue weighted by Gasteiger charge is 2.46. The van der Waals surface area contributed by atoms with Gasteiger partial charge in [0.05, 0.1) is 30.3 Å². The lowest BCUT2D eigenvalue weighted by atomic mass is 9.92. The number of ketones is 1. The van der Waals surface area contributed by atoms with Crippen molar-refractivity contribution in [2.75, 3.05) is 7.11 Å². The minimum absolute atomic E-state index is 0.0195. The number of nitrogens with zero attached hydrogens (tertiary/aromatic N) is 1. The first-order valence-corrected chi connectivity index (χ1v) is 10.9. The summed E-state index contributed by atoms with van der Waals surface area (Å²) in [5.74, 6) is -1.22. The summed E-state index contributed by atoms with van der Waals surface area (Å²) in [6.07, 6.45) is 0. The van der Waals surface area contributed by atoms with Gasteiger partial charge in [-0.25, -0.2) is 0 Å². The number of ether oxygens (including phenoxy) is 1.